The summed E-state index contributed by atoms with van der Waals surface area (Å²) in [4.78, 5) is 37.2. The number of aromatic nitrogens is 2. The zero-order valence-corrected chi connectivity index (χ0v) is 16.5. The van der Waals surface area contributed by atoms with Crippen molar-refractivity contribution in [3.8, 4) is 0 Å². The molecule has 30 heavy (non-hydrogen) atoms. The third kappa shape index (κ3) is 4.33. The van der Waals surface area contributed by atoms with E-state index in [1.165, 1.54) is 6.20 Å². The van der Waals surface area contributed by atoms with Crippen LogP contribution in [0.2, 0.25) is 5.02 Å². The highest BCUT2D eigenvalue weighted by molar-refractivity contribution is 6.31. The van der Waals surface area contributed by atoms with E-state index in [0.29, 0.717) is 28.5 Å². The van der Waals surface area contributed by atoms with Gasteiger partial charge in [-0.3, -0.25) is 19.1 Å². The van der Waals surface area contributed by atoms with Gasteiger partial charge in [-0.05, 0) is 23.8 Å². The molecule has 2 aromatic carbocycles. The highest BCUT2D eigenvalue weighted by Gasteiger charge is 2.29. The first-order chi connectivity index (χ1) is 14.5. The lowest BCUT2D eigenvalue weighted by molar-refractivity contribution is -0.122. The van der Waals surface area contributed by atoms with Crippen LogP contribution in [-0.4, -0.2) is 33.5 Å². The average molecular weight is 424 g/mol. The average Bonchev–Trinajstić information content (AvgIpc) is 3.11. The molecule has 9 heteroatoms. The fraction of sp³-hybridized carbons (Fsp3) is 0.143. The Labute approximate surface area is 177 Å². The fourth-order valence-electron chi connectivity index (χ4n) is 3.17. The lowest BCUT2D eigenvalue weighted by Crippen LogP contribution is -2.43. The summed E-state index contributed by atoms with van der Waals surface area (Å²) in [6.07, 6.45) is 2.97. The lowest BCUT2D eigenvalue weighted by atomic mass is 10.1. The molecule has 152 valence electrons. The molecule has 2 heterocycles. The number of amides is 3. The molecule has 4 rings (SSSR count). The van der Waals surface area contributed by atoms with Gasteiger partial charge < -0.3 is 16.0 Å². The molecule has 0 radical (unpaired) electrons. The first-order valence-corrected chi connectivity index (χ1v) is 9.64. The Morgan fingerprint density at radius 2 is 1.90 bits per heavy atom. The Balaban J connectivity index is 1.38. The van der Waals surface area contributed by atoms with E-state index in [9.17, 15) is 14.4 Å². The monoisotopic (exact) mass is 423 g/mol. The molecule has 0 saturated carbocycles. The first kappa shape index (κ1) is 19.7. The minimum Gasteiger partial charge on any atom is -0.340 e. The number of nitrogens with zero attached hydrogens (tertiary/aromatic N) is 2. The van der Waals surface area contributed by atoms with Crippen molar-refractivity contribution in [2.75, 3.05) is 10.6 Å². The van der Waals surface area contributed by atoms with Crippen LogP contribution < -0.4 is 16.0 Å². The summed E-state index contributed by atoms with van der Waals surface area (Å²) in [5.41, 5.74) is 2.16. The molecule has 1 atom stereocenters. The second kappa shape index (κ2) is 8.38. The molecule has 1 aromatic heterocycles. The third-order valence-corrected chi connectivity index (χ3v) is 5.02. The number of nitrogens with one attached hydrogen (secondary N) is 3. The van der Waals surface area contributed by atoms with E-state index < -0.39 is 23.8 Å². The van der Waals surface area contributed by atoms with Crippen molar-refractivity contribution in [2.24, 2.45) is 0 Å². The van der Waals surface area contributed by atoms with Crippen LogP contribution in [0.3, 0.4) is 0 Å². The maximum Gasteiger partial charge on any atom is 0.254 e. The van der Waals surface area contributed by atoms with Crippen molar-refractivity contribution in [2.45, 2.75) is 19.0 Å². The summed E-state index contributed by atoms with van der Waals surface area (Å²) in [7, 11) is 0. The number of carbonyl (C=O) groups excluding carboxylic acids is 3. The normalized spacial score (nSPS) is 15.6. The quantitative estimate of drug-likeness (QED) is 0.586. The van der Waals surface area contributed by atoms with Gasteiger partial charge in [0.25, 0.3) is 5.91 Å². The maximum absolute atomic E-state index is 12.4. The van der Waals surface area contributed by atoms with Crippen molar-refractivity contribution >= 4 is 40.7 Å². The van der Waals surface area contributed by atoms with Crippen molar-refractivity contribution < 1.29 is 14.4 Å². The van der Waals surface area contributed by atoms with Gasteiger partial charge in [0.2, 0.25) is 11.8 Å². The van der Waals surface area contributed by atoms with Gasteiger partial charge in [0.15, 0.2) is 0 Å². The van der Waals surface area contributed by atoms with Gasteiger partial charge >= 0.3 is 0 Å². The minimum atomic E-state index is -0.983. The van der Waals surface area contributed by atoms with E-state index in [0.717, 1.165) is 5.56 Å². The standard InChI is InChI=1S/C21H18ClN5O3/c22-16-7-3-1-5-13(16)11-27-12-14(10-23-27)24-19(28)9-18-21(30)25-17-8-4-2-6-15(17)20(29)26-18/h1-8,10,12,18H,9,11H2,(H,24,28)(H,25,30)(H,26,29). The molecule has 1 aliphatic rings. The van der Waals surface area contributed by atoms with Crippen molar-refractivity contribution in [1.29, 1.82) is 0 Å². The summed E-state index contributed by atoms with van der Waals surface area (Å²) in [5, 5.41) is 12.8. The number of fused-ring (bicyclic) bond motifs is 1. The maximum atomic E-state index is 12.4. The van der Waals surface area contributed by atoms with Crippen LogP contribution in [-0.2, 0) is 16.1 Å². The first-order valence-electron chi connectivity index (χ1n) is 9.26. The SMILES string of the molecule is O=C(CC1NC(=O)c2ccccc2NC1=O)Nc1cnn(Cc2ccccc2Cl)c1. The molecule has 1 unspecified atom stereocenters. The molecule has 3 aromatic rings. The molecule has 8 nitrogen and oxygen atoms in total. The van der Waals surface area contributed by atoms with E-state index >= 15 is 0 Å². The zero-order chi connectivity index (χ0) is 21.1. The van der Waals surface area contributed by atoms with Crippen LogP contribution >= 0.6 is 11.6 Å². The number of hydrogen-bond acceptors (Lipinski definition) is 4. The van der Waals surface area contributed by atoms with Gasteiger partial charge in [-0.2, -0.15) is 5.10 Å². The lowest BCUT2D eigenvalue weighted by Gasteiger charge is -2.13. The number of rotatable bonds is 5. The van der Waals surface area contributed by atoms with Gasteiger partial charge in [0.05, 0.1) is 36.1 Å². The van der Waals surface area contributed by atoms with E-state index in [1.54, 1.807) is 41.2 Å². The summed E-state index contributed by atoms with van der Waals surface area (Å²) >= 11 is 6.16. The molecular weight excluding hydrogens is 406 g/mol. The summed E-state index contributed by atoms with van der Waals surface area (Å²) < 4.78 is 1.65. The topological polar surface area (TPSA) is 105 Å². The minimum absolute atomic E-state index is 0.207. The number of anilines is 2. The zero-order valence-electron chi connectivity index (χ0n) is 15.8. The Hall–Kier alpha value is -3.65. The summed E-state index contributed by atoms with van der Waals surface area (Å²) in [5.74, 6) is -1.27. The van der Waals surface area contributed by atoms with E-state index in [-0.39, 0.29) is 6.42 Å². The van der Waals surface area contributed by atoms with Gasteiger partial charge in [-0.25, -0.2) is 0 Å². The molecular formula is C21H18ClN5O3. The van der Waals surface area contributed by atoms with Gasteiger partial charge in [0.1, 0.15) is 6.04 Å². The number of carbonyl (C=O) groups is 3. The highest BCUT2D eigenvalue weighted by Crippen LogP contribution is 2.20. The number of hydrogen-bond donors (Lipinski definition) is 3. The Kier molecular flexibility index (Phi) is 5.49. The van der Waals surface area contributed by atoms with Crippen molar-refractivity contribution in [3.63, 3.8) is 0 Å². The fourth-order valence-corrected chi connectivity index (χ4v) is 3.36. The van der Waals surface area contributed by atoms with Crippen LogP contribution in [0.15, 0.2) is 60.9 Å². The second-order valence-electron chi connectivity index (χ2n) is 6.83. The summed E-state index contributed by atoms with van der Waals surface area (Å²) in [6.45, 7) is 0.453. The van der Waals surface area contributed by atoms with E-state index in [2.05, 4.69) is 21.0 Å². The number of benzene rings is 2. The molecule has 1 aliphatic heterocycles. The molecule has 0 fully saturated rings. The third-order valence-electron chi connectivity index (χ3n) is 4.65. The van der Waals surface area contributed by atoms with Crippen LogP contribution in [0.4, 0.5) is 11.4 Å². The van der Waals surface area contributed by atoms with Crippen LogP contribution in [0.25, 0.3) is 0 Å². The molecule has 0 spiro atoms. The van der Waals surface area contributed by atoms with Crippen LogP contribution in [0.5, 0.6) is 0 Å². The molecule has 0 aliphatic carbocycles. The van der Waals surface area contributed by atoms with E-state index in [1.807, 2.05) is 18.2 Å². The van der Waals surface area contributed by atoms with Crippen LogP contribution in [0, 0.1) is 0 Å². The largest absolute Gasteiger partial charge is 0.340 e. The van der Waals surface area contributed by atoms with Crippen LogP contribution in [0.1, 0.15) is 22.3 Å². The van der Waals surface area contributed by atoms with Gasteiger partial charge in [-0.1, -0.05) is 41.9 Å². The smallest absolute Gasteiger partial charge is 0.254 e. The Morgan fingerprint density at radius 3 is 2.73 bits per heavy atom. The number of halogens is 1. The molecule has 3 N–H and O–H groups in total. The molecule has 0 saturated heterocycles. The predicted octanol–water partition coefficient (Wildman–Crippen LogP) is 2.66. The Bertz CT molecular complexity index is 1130. The number of para-hydroxylation sites is 1. The molecule has 3 amide bonds. The molecule has 0 bridgehead atoms. The Morgan fingerprint density at radius 1 is 1.13 bits per heavy atom. The van der Waals surface area contributed by atoms with Crippen molar-refractivity contribution in [1.82, 2.24) is 15.1 Å². The van der Waals surface area contributed by atoms with Crippen molar-refractivity contribution in [3.05, 3.63) is 77.1 Å². The van der Waals surface area contributed by atoms with E-state index in [4.69, 9.17) is 11.6 Å². The summed E-state index contributed by atoms with van der Waals surface area (Å²) in [6, 6.07) is 13.1. The highest BCUT2D eigenvalue weighted by atomic mass is 35.5. The predicted molar refractivity (Wildman–Crippen MR) is 112 cm³/mol. The van der Waals surface area contributed by atoms with Gasteiger partial charge in [-0.15, -0.1) is 0 Å². The second-order valence-corrected chi connectivity index (χ2v) is 7.24. The van der Waals surface area contributed by atoms with Gasteiger partial charge in [0, 0.05) is 11.2 Å².